The van der Waals surface area contributed by atoms with Gasteiger partial charge in [0.05, 0.1) is 18.5 Å². The first kappa shape index (κ1) is 16.5. The van der Waals surface area contributed by atoms with Crippen molar-refractivity contribution >= 4 is 51.1 Å². The first-order chi connectivity index (χ1) is 12.7. The monoisotopic (exact) mass is 383 g/mol. The molecule has 0 saturated heterocycles. The number of nitrogens with one attached hydrogen (secondary N) is 2. The Morgan fingerprint density at radius 3 is 2.85 bits per heavy atom. The topological polar surface area (TPSA) is 84.1 Å². The van der Waals surface area contributed by atoms with Crippen LogP contribution in [0.2, 0.25) is 0 Å². The van der Waals surface area contributed by atoms with Crippen LogP contribution >= 0.6 is 22.7 Å². The highest BCUT2D eigenvalue weighted by Crippen LogP contribution is 2.28. The Kier molecular flexibility index (Phi) is 4.27. The van der Waals surface area contributed by atoms with E-state index in [4.69, 9.17) is 4.74 Å². The number of H-pyrrole nitrogens is 1. The molecule has 1 aromatic carbocycles. The van der Waals surface area contributed by atoms with E-state index in [1.165, 1.54) is 29.8 Å². The zero-order valence-corrected chi connectivity index (χ0v) is 15.2. The number of thiophene rings is 1. The van der Waals surface area contributed by atoms with E-state index in [2.05, 4.69) is 15.3 Å². The second-order valence-corrected chi connectivity index (χ2v) is 7.19. The summed E-state index contributed by atoms with van der Waals surface area (Å²) in [6, 6.07) is 11.6. The van der Waals surface area contributed by atoms with Crippen LogP contribution in [0.5, 0.6) is 0 Å². The summed E-state index contributed by atoms with van der Waals surface area (Å²) < 4.78 is 4.72. The van der Waals surface area contributed by atoms with Gasteiger partial charge in [0, 0.05) is 16.3 Å². The van der Waals surface area contributed by atoms with Gasteiger partial charge in [-0.05, 0) is 23.6 Å². The summed E-state index contributed by atoms with van der Waals surface area (Å²) in [5.41, 5.74) is 2.60. The quantitative estimate of drug-likeness (QED) is 0.512. The molecule has 4 rings (SSSR count). The van der Waals surface area contributed by atoms with Crippen molar-refractivity contribution in [2.45, 2.75) is 0 Å². The summed E-state index contributed by atoms with van der Waals surface area (Å²) in [5, 5.41) is 7.95. The van der Waals surface area contributed by atoms with Crippen molar-refractivity contribution in [3.05, 3.63) is 57.7 Å². The highest BCUT2D eigenvalue weighted by Gasteiger charge is 2.18. The average molecular weight is 383 g/mol. The largest absolute Gasteiger partial charge is 0.465 e. The van der Waals surface area contributed by atoms with Gasteiger partial charge in [0.25, 0.3) is 5.91 Å². The molecule has 2 N–H and O–H groups in total. The lowest BCUT2D eigenvalue weighted by Gasteiger charge is -2.03. The van der Waals surface area contributed by atoms with Crippen LogP contribution in [-0.2, 0) is 4.74 Å². The summed E-state index contributed by atoms with van der Waals surface area (Å²) >= 11 is 2.59. The number of ether oxygens (including phenoxy) is 1. The van der Waals surface area contributed by atoms with Gasteiger partial charge in [-0.1, -0.05) is 18.2 Å². The molecule has 0 saturated carbocycles. The van der Waals surface area contributed by atoms with Crippen LogP contribution in [0.25, 0.3) is 21.6 Å². The number of para-hydroxylation sites is 1. The van der Waals surface area contributed by atoms with E-state index in [1.54, 1.807) is 16.8 Å². The van der Waals surface area contributed by atoms with Crippen molar-refractivity contribution in [1.82, 2.24) is 9.97 Å². The van der Waals surface area contributed by atoms with Crippen LogP contribution in [-0.4, -0.2) is 29.0 Å². The third-order valence-electron chi connectivity index (χ3n) is 3.78. The number of benzene rings is 1. The summed E-state index contributed by atoms with van der Waals surface area (Å²) in [7, 11) is 1.31. The van der Waals surface area contributed by atoms with Crippen molar-refractivity contribution in [2.24, 2.45) is 0 Å². The van der Waals surface area contributed by atoms with E-state index in [1.807, 2.05) is 30.3 Å². The van der Waals surface area contributed by atoms with Crippen molar-refractivity contribution in [2.75, 3.05) is 12.4 Å². The molecule has 130 valence electrons. The molecule has 0 aliphatic rings. The van der Waals surface area contributed by atoms with Crippen molar-refractivity contribution in [3.63, 3.8) is 0 Å². The van der Waals surface area contributed by atoms with E-state index in [0.717, 1.165) is 21.6 Å². The molecule has 0 atom stereocenters. The number of carbonyl (C=O) groups is 2. The van der Waals surface area contributed by atoms with E-state index >= 15 is 0 Å². The van der Waals surface area contributed by atoms with Gasteiger partial charge in [0.15, 0.2) is 0 Å². The molecule has 26 heavy (non-hydrogen) atoms. The summed E-state index contributed by atoms with van der Waals surface area (Å²) in [4.78, 5) is 32.2. The maximum atomic E-state index is 12.5. The minimum absolute atomic E-state index is 0.297. The molecule has 0 aliphatic heterocycles. The molecular weight excluding hydrogens is 370 g/mol. The number of rotatable bonds is 4. The van der Waals surface area contributed by atoms with Crippen molar-refractivity contribution in [1.29, 1.82) is 0 Å². The fraction of sp³-hybridized carbons (Fsp3) is 0.0556. The number of methoxy groups -OCH3 is 1. The number of hydrogen-bond acceptors (Lipinski definition) is 6. The molecule has 3 aromatic heterocycles. The average Bonchev–Trinajstić information content (AvgIpc) is 3.38. The van der Waals surface area contributed by atoms with E-state index in [9.17, 15) is 9.59 Å². The molecule has 6 nitrogen and oxygen atoms in total. The third-order valence-corrected chi connectivity index (χ3v) is 5.55. The number of esters is 1. The van der Waals surface area contributed by atoms with Crippen LogP contribution in [0, 0.1) is 0 Å². The Bertz CT molecular complexity index is 1080. The maximum Gasteiger partial charge on any atom is 0.350 e. The van der Waals surface area contributed by atoms with Crippen molar-refractivity contribution in [3.8, 4) is 10.7 Å². The van der Waals surface area contributed by atoms with Crippen LogP contribution < -0.4 is 5.32 Å². The Morgan fingerprint density at radius 2 is 2.04 bits per heavy atom. The van der Waals surface area contributed by atoms with Crippen LogP contribution in [0.15, 0.2) is 47.2 Å². The second kappa shape index (κ2) is 6.74. The first-order valence-corrected chi connectivity index (χ1v) is 9.42. The number of hydrogen-bond donors (Lipinski definition) is 2. The molecule has 0 spiro atoms. The molecule has 3 heterocycles. The normalized spacial score (nSPS) is 10.8. The number of thiazole rings is 1. The SMILES string of the molecule is COC(=O)c1sccc1NC(=O)c1csc(-c2cc3ccccc3[nH]2)n1. The predicted octanol–water partition coefficient (Wildman–Crippen LogP) is 4.39. The Morgan fingerprint density at radius 1 is 1.19 bits per heavy atom. The molecule has 0 fully saturated rings. The minimum atomic E-state index is -0.479. The van der Waals surface area contributed by atoms with Gasteiger partial charge < -0.3 is 15.0 Å². The molecule has 0 radical (unpaired) electrons. The standard InChI is InChI=1S/C18H13N3O3S2/c1-24-18(23)15-12(6-7-25-15)20-16(22)14-9-26-17(21-14)13-8-10-4-2-3-5-11(10)19-13/h2-9,19H,1H3,(H,20,22). The third kappa shape index (κ3) is 3.00. The summed E-state index contributed by atoms with van der Waals surface area (Å²) in [6.45, 7) is 0. The number of aromatic nitrogens is 2. The lowest BCUT2D eigenvalue weighted by Crippen LogP contribution is -2.14. The number of aromatic amines is 1. The number of nitrogens with zero attached hydrogens (tertiary/aromatic N) is 1. The number of anilines is 1. The maximum absolute atomic E-state index is 12.5. The van der Waals surface area contributed by atoms with Gasteiger partial charge in [-0.25, -0.2) is 9.78 Å². The Balaban J connectivity index is 1.57. The molecular formula is C18H13N3O3S2. The molecule has 0 unspecified atom stereocenters. The van der Waals surface area contributed by atoms with Gasteiger partial charge in [-0.2, -0.15) is 0 Å². The van der Waals surface area contributed by atoms with Gasteiger partial charge in [-0.3, -0.25) is 4.79 Å². The highest BCUT2D eigenvalue weighted by molar-refractivity contribution is 7.13. The number of carbonyl (C=O) groups excluding carboxylic acids is 2. The molecule has 0 bridgehead atoms. The van der Waals surface area contributed by atoms with E-state index in [0.29, 0.717) is 16.3 Å². The van der Waals surface area contributed by atoms with E-state index < -0.39 is 5.97 Å². The summed E-state index contributed by atoms with van der Waals surface area (Å²) in [6.07, 6.45) is 0. The summed E-state index contributed by atoms with van der Waals surface area (Å²) in [5.74, 6) is -0.848. The number of amides is 1. The fourth-order valence-electron chi connectivity index (χ4n) is 2.54. The second-order valence-electron chi connectivity index (χ2n) is 5.42. The van der Waals surface area contributed by atoms with E-state index in [-0.39, 0.29) is 5.91 Å². The Hall–Kier alpha value is -2.97. The number of fused-ring (bicyclic) bond motifs is 1. The first-order valence-electron chi connectivity index (χ1n) is 7.66. The fourth-order valence-corrected chi connectivity index (χ4v) is 4.07. The van der Waals surface area contributed by atoms with Gasteiger partial charge in [0.2, 0.25) is 0 Å². The zero-order chi connectivity index (χ0) is 18.1. The highest BCUT2D eigenvalue weighted by atomic mass is 32.1. The predicted molar refractivity (Wildman–Crippen MR) is 103 cm³/mol. The van der Waals surface area contributed by atoms with Crippen LogP contribution in [0.3, 0.4) is 0 Å². The van der Waals surface area contributed by atoms with Crippen LogP contribution in [0.4, 0.5) is 5.69 Å². The molecule has 8 heteroatoms. The van der Waals surface area contributed by atoms with Gasteiger partial charge >= 0.3 is 5.97 Å². The van der Waals surface area contributed by atoms with Gasteiger partial charge in [0.1, 0.15) is 15.6 Å². The molecule has 1 amide bonds. The van der Waals surface area contributed by atoms with Crippen molar-refractivity contribution < 1.29 is 14.3 Å². The minimum Gasteiger partial charge on any atom is -0.465 e. The lowest BCUT2D eigenvalue weighted by molar-refractivity contribution is 0.0607. The lowest BCUT2D eigenvalue weighted by atomic mass is 10.2. The molecule has 0 aliphatic carbocycles. The van der Waals surface area contributed by atoms with Crippen LogP contribution in [0.1, 0.15) is 20.2 Å². The molecule has 4 aromatic rings. The van der Waals surface area contributed by atoms with Gasteiger partial charge in [-0.15, -0.1) is 22.7 Å². The Labute approximate surface area is 156 Å². The zero-order valence-electron chi connectivity index (χ0n) is 13.6. The smallest absolute Gasteiger partial charge is 0.350 e.